The van der Waals surface area contributed by atoms with Crippen LogP contribution in [0.25, 0.3) is 0 Å². The highest BCUT2D eigenvalue weighted by Crippen LogP contribution is 2.22. The molecule has 0 spiro atoms. The van der Waals surface area contributed by atoms with E-state index in [0.29, 0.717) is 0 Å². The molecule has 0 saturated carbocycles. The summed E-state index contributed by atoms with van der Waals surface area (Å²) >= 11 is 5.33. The quantitative estimate of drug-likeness (QED) is 0.547. The van der Waals surface area contributed by atoms with E-state index < -0.39 is 0 Å². The molecule has 2 unspecified atom stereocenters. The second-order valence-corrected chi connectivity index (χ2v) is 3.00. The zero-order valence-electron chi connectivity index (χ0n) is 5.97. The maximum atomic E-state index is 10.7. The lowest BCUT2D eigenvalue weighted by Gasteiger charge is -2.25. The molecule has 0 amide bonds. The van der Waals surface area contributed by atoms with Crippen LogP contribution < -0.4 is 0 Å². The molecule has 10 heavy (non-hydrogen) atoms. The minimum Gasteiger partial charge on any atom is -0.378 e. The molecule has 3 heteroatoms. The van der Waals surface area contributed by atoms with Gasteiger partial charge in [-0.3, -0.25) is 4.79 Å². The maximum Gasteiger partial charge on any atom is 0.227 e. The summed E-state index contributed by atoms with van der Waals surface area (Å²) in [5.41, 5.74) is 0. The van der Waals surface area contributed by atoms with Gasteiger partial charge in [-0.15, -0.1) is 0 Å². The molecule has 1 aliphatic rings. The van der Waals surface area contributed by atoms with Gasteiger partial charge >= 0.3 is 0 Å². The fourth-order valence-corrected chi connectivity index (χ4v) is 1.51. The third kappa shape index (κ3) is 1.70. The molecule has 0 aromatic heterocycles. The number of rotatable bonds is 1. The summed E-state index contributed by atoms with van der Waals surface area (Å²) in [6, 6.07) is 0. The van der Waals surface area contributed by atoms with Crippen molar-refractivity contribution in [1.82, 2.24) is 0 Å². The average molecular weight is 163 g/mol. The molecule has 1 saturated heterocycles. The normalized spacial score (nSPS) is 33.8. The van der Waals surface area contributed by atoms with Gasteiger partial charge in [-0.05, 0) is 31.4 Å². The summed E-state index contributed by atoms with van der Waals surface area (Å²) < 4.78 is 5.25. The summed E-state index contributed by atoms with van der Waals surface area (Å²) in [5, 5.41) is -0.257. The van der Waals surface area contributed by atoms with Gasteiger partial charge in [0.2, 0.25) is 5.24 Å². The second kappa shape index (κ2) is 3.35. The van der Waals surface area contributed by atoms with Crippen LogP contribution >= 0.6 is 11.6 Å². The predicted molar refractivity (Wildman–Crippen MR) is 39.0 cm³/mol. The van der Waals surface area contributed by atoms with Gasteiger partial charge in [-0.2, -0.15) is 0 Å². The summed E-state index contributed by atoms with van der Waals surface area (Å²) in [6.07, 6.45) is 1.84. The highest BCUT2D eigenvalue weighted by atomic mass is 35.5. The molecule has 0 radical (unpaired) electrons. The number of hydrogen-bond acceptors (Lipinski definition) is 2. The van der Waals surface area contributed by atoms with Crippen LogP contribution in [0.4, 0.5) is 0 Å². The summed E-state index contributed by atoms with van der Waals surface area (Å²) in [5.74, 6) is -0.0737. The number of carbonyl (C=O) groups is 1. The van der Waals surface area contributed by atoms with Gasteiger partial charge in [0.05, 0.1) is 12.0 Å². The maximum absolute atomic E-state index is 10.7. The molecule has 2 atom stereocenters. The van der Waals surface area contributed by atoms with E-state index in [9.17, 15) is 4.79 Å². The van der Waals surface area contributed by atoms with Crippen molar-refractivity contribution in [1.29, 1.82) is 0 Å². The summed E-state index contributed by atoms with van der Waals surface area (Å²) in [7, 11) is 0. The Balaban J connectivity index is 2.47. The van der Waals surface area contributed by atoms with Crippen molar-refractivity contribution in [3.8, 4) is 0 Å². The van der Waals surface area contributed by atoms with Crippen molar-refractivity contribution in [2.45, 2.75) is 25.9 Å². The minimum atomic E-state index is -0.257. The molecule has 1 fully saturated rings. The highest BCUT2D eigenvalue weighted by molar-refractivity contribution is 6.64. The van der Waals surface area contributed by atoms with Crippen molar-refractivity contribution in [3.63, 3.8) is 0 Å². The average Bonchev–Trinajstić information content (AvgIpc) is 1.88. The fraction of sp³-hybridized carbons (Fsp3) is 0.857. The molecular formula is C7H11ClO2. The molecule has 1 rings (SSSR count). The van der Waals surface area contributed by atoms with Gasteiger partial charge in [0.1, 0.15) is 0 Å². The molecule has 58 valence electrons. The Morgan fingerprint density at radius 2 is 2.40 bits per heavy atom. The Hall–Kier alpha value is -0.0800. The van der Waals surface area contributed by atoms with Crippen LogP contribution in [0.2, 0.25) is 0 Å². The Morgan fingerprint density at radius 3 is 2.80 bits per heavy atom. The summed E-state index contributed by atoms with van der Waals surface area (Å²) in [4.78, 5) is 10.7. The third-order valence-corrected chi connectivity index (χ3v) is 2.18. The van der Waals surface area contributed by atoms with Crippen LogP contribution in [-0.2, 0) is 9.53 Å². The Kier molecular flexibility index (Phi) is 2.69. The Morgan fingerprint density at radius 1 is 1.70 bits per heavy atom. The van der Waals surface area contributed by atoms with Crippen molar-refractivity contribution in [2.75, 3.05) is 6.61 Å². The van der Waals surface area contributed by atoms with Gasteiger partial charge in [0.15, 0.2) is 0 Å². The van der Waals surface area contributed by atoms with E-state index >= 15 is 0 Å². The first-order valence-corrected chi connectivity index (χ1v) is 3.90. The molecule has 2 nitrogen and oxygen atoms in total. The molecule has 1 aliphatic heterocycles. The fourth-order valence-electron chi connectivity index (χ4n) is 1.22. The number of carbonyl (C=O) groups excluding carboxylic acids is 1. The molecule has 0 aliphatic carbocycles. The van der Waals surface area contributed by atoms with Gasteiger partial charge in [-0.1, -0.05) is 0 Å². The molecule has 0 N–H and O–H groups in total. The van der Waals surface area contributed by atoms with Crippen LogP contribution in [-0.4, -0.2) is 18.0 Å². The predicted octanol–water partition coefficient (Wildman–Crippen LogP) is 1.57. The number of ether oxygens (including phenoxy) is 1. The summed E-state index contributed by atoms with van der Waals surface area (Å²) in [6.45, 7) is 2.66. The van der Waals surface area contributed by atoms with E-state index in [2.05, 4.69) is 0 Å². The smallest absolute Gasteiger partial charge is 0.227 e. The molecule has 0 aromatic rings. The van der Waals surface area contributed by atoms with Crippen LogP contribution in [0.5, 0.6) is 0 Å². The Bertz CT molecular complexity index is 136. The van der Waals surface area contributed by atoms with Crippen LogP contribution in [0.3, 0.4) is 0 Å². The lowest BCUT2D eigenvalue weighted by Crippen LogP contribution is -2.30. The zero-order chi connectivity index (χ0) is 7.56. The standard InChI is InChI=1S/C7H11ClO2/c1-5-6(7(8)9)3-2-4-10-5/h5-6H,2-4H2,1H3. The zero-order valence-corrected chi connectivity index (χ0v) is 6.73. The number of halogens is 1. The monoisotopic (exact) mass is 162 g/mol. The van der Waals surface area contributed by atoms with E-state index in [1.165, 1.54) is 0 Å². The van der Waals surface area contributed by atoms with Crippen LogP contribution in [0, 0.1) is 5.92 Å². The first kappa shape index (κ1) is 8.02. The lowest BCUT2D eigenvalue weighted by molar-refractivity contribution is -0.122. The third-order valence-electron chi connectivity index (χ3n) is 1.90. The van der Waals surface area contributed by atoms with Crippen molar-refractivity contribution < 1.29 is 9.53 Å². The van der Waals surface area contributed by atoms with Crippen LogP contribution in [0.15, 0.2) is 0 Å². The highest BCUT2D eigenvalue weighted by Gasteiger charge is 2.26. The first-order chi connectivity index (χ1) is 4.72. The SMILES string of the molecule is CC1OCCCC1C(=O)Cl. The second-order valence-electron chi connectivity index (χ2n) is 2.63. The van der Waals surface area contributed by atoms with E-state index in [-0.39, 0.29) is 17.3 Å². The van der Waals surface area contributed by atoms with E-state index in [0.717, 1.165) is 19.4 Å². The van der Waals surface area contributed by atoms with Crippen molar-refractivity contribution in [3.05, 3.63) is 0 Å². The van der Waals surface area contributed by atoms with Crippen molar-refractivity contribution in [2.24, 2.45) is 5.92 Å². The van der Waals surface area contributed by atoms with Gasteiger partial charge < -0.3 is 4.74 Å². The van der Waals surface area contributed by atoms with E-state index in [4.69, 9.17) is 16.3 Å². The van der Waals surface area contributed by atoms with Gasteiger partial charge in [-0.25, -0.2) is 0 Å². The minimum absolute atomic E-state index is 0.0127. The Labute approximate surface area is 65.5 Å². The van der Waals surface area contributed by atoms with E-state index in [1.54, 1.807) is 0 Å². The van der Waals surface area contributed by atoms with Gasteiger partial charge in [0, 0.05) is 6.61 Å². The molecule has 0 bridgehead atoms. The first-order valence-electron chi connectivity index (χ1n) is 3.53. The van der Waals surface area contributed by atoms with Crippen molar-refractivity contribution >= 4 is 16.8 Å². The number of hydrogen-bond donors (Lipinski definition) is 0. The molecule has 0 aromatic carbocycles. The topological polar surface area (TPSA) is 26.3 Å². The van der Waals surface area contributed by atoms with E-state index in [1.807, 2.05) is 6.92 Å². The lowest BCUT2D eigenvalue weighted by atomic mass is 9.97. The van der Waals surface area contributed by atoms with Crippen LogP contribution in [0.1, 0.15) is 19.8 Å². The van der Waals surface area contributed by atoms with Gasteiger partial charge in [0.25, 0.3) is 0 Å². The molecular weight excluding hydrogens is 152 g/mol. The molecule has 1 heterocycles. The largest absolute Gasteiger partial charge is 0.378 e.